The summed E-state index contributed by atoms with van der Waals surface area (Å²) in [6.45, 7) is 0.437. The largest absolute Gasteiger partial charge is 0.348 e. The number of aromatic amines is 1. The molecule has 4 rings (SSSR count). The molecular weight excluding hydrogens is 386 g/mol. The average molecular weight is 405 g/mol. The fourth-order valence-corrected chi connectivity index (χ4v) is 3.75. The molecule has 29 heavy (non-hydrogen) atoms. The Balaban J connectivity index is 1.61. The van der Waals surface area contributed by atoms with Gasteiger partial charge in [-0.05, 0) is 29.3 Å². The molecule has 0 unspecified atom stereocenters. The number of fused-ring (bicyclic) bond motifs is 1. The molecule has 7 heteroatoms. The summed E-state index contributed by atoms with van der Waals surface area (Å²) in [6.07, 6.45) is 4.52. The molecule has 0 fully saturated rings. The Bertz CT molecular complexity index is 1280. The summed E-state index contributed by atoms with van der Waals surface area (Å²) in [5, 5.41) is 3.63. The molecule has 1 amide bonds. The Labute approximate surface area is 168 Å². The van der Waals surface area contributed by atoms with Crippen molar-refractivity contribution in [1.29, 1.82) is 0 Å². The zero-order valence-electron chi connectivity index (χ0n) is 15.7. The maximum atomic E-state index is 12.7. The van der Waals surface area contributed by atoms with Crippen molar-refractivity contribution in [2.24, 2.45) is 0 Å². The number of carbonyl (C=O) groups excluding carboxylic acids is 1. The number of hydrogen-bond acceptors (Lipinski definition) is 4. The van der Waals surface area contributed by atoms with Crippen molar-refractivity contribution in [3.8, 4) is 11.1 Å². The third-order valence-electron chi connectivity index (χ3n) is 4.69. The number of hydrogen-bond donors (Lipinski definition) is 2. The molecule has 2 heterocycles. The van der Waals surface area contributed by atoms with Crippen molar-refractivity contribution >= 4 is 26.8 Å². The van der Waals surface area contributed by atoms with Gasteiger partial charge < -0.3 is 10.3 Å². The molecule has 146 valence electrons. The second-order valence-electron chi connectivity index (χ2n) is 6.79. The highest BCUT2D eigenvalue weighted by Crippen LogP contribution is 2.26. The number of pyridine rings is 1. The molecule has 6 nitrogen and oxygen atoms in total. The summed E-state index contributed by atoms with van der Waals surface area (Å²) >= 11 is 0. The van der Waals surface area contributed by atoms with Crippen LogP contribution in [0.1, 0.15) is 15.9 Å². The lowest BCUT2D eigenvalue weighted by molar-refractivity contribution is 0.0952. The van der Waals surface area contributed by atoms with Crippen molar-refractivity contribution in [3.05, 3.63) is 84.2 Å². The number of rotatable bonds is 5. The van der Waals surface area contributed by atoms with E-state index in [1.165, 1.54) is 6.26 Å². The Kier molecular flexibility index (Phi) is 4.90. The molecule has 0 aliphatic heterocycles. The number of benzene rings is 2. The van der Waals surface area contributed by atoms with Crippen LogP contribution in [0.4, 0.5) is 0 Å². The van der Waals surface area contributed by atoms with Gasteiger partial charge in [0.2, 0.25) is 0 Å². The van der Waals surface area contributed by atoms with Crippen LogP contribution in [0.3, 0.4) is 0 Å². The van der Waals surface area contributed by atoms with Crippen molar-refractivity contribution in [2.45, 2.75) is 11.4 Å². The monoisotopic (exact) mass is 405 g/mol. The molecule has 0 spiro atoms. The topological polar surface area (TPSA) is 91.9 Å². The van der Waals surface area contributed by atoms with Gasteiger partial charge >= 0.3 is 0 Å². The van der Waals surface area contributed by atoms with Gasteiger partial charge in [0, 0.05) is 36.1 Å². The third-order valence-corrected chi connectivity index (χ3v) is 5.82. The SMILES string of the molecule is CS(=O)(=O)c1ccc(-c2cnc3[nH]cc(C(=O)NCc4ccccc4)c3c2)cc1. The van der Waals surface area contributed by atoms with E-state index in [9.17, 15) is 13.2 Å². The molecule has 0 bridgehead atoms. The maximum Gasteiger partial charge on any atom is 0.253 e. The standard InChI is InChI=1S/C22H19N3O3S/c1-29(27,28)18-9-7-16(8-10-18)17-11-19-20(14-24-21(19)23-13-17)22(26)25-12-15-5-3-2-4-6-15/h2-11,13-14H,12H2,1H3,(H,23,24)(H,25,26). The molecule has 0 radical (unpaired) electrons. The molecule has 2 aromatic heterocycles. The number of nitrogens with zero attached hydrogens (tertiary/aromatic N) is 1. The Morgan fingerprint density at radius 1 is 1.03 bits per heavy atom. The van der Waals surface area contributed by atoms with Crippen molar-refractivity contribution in [3.63, 3.8) is 0 Å². The van der Waals surface area contributed by atoms with Crippen molar-refractivity contribution in [1.82, 2.24) is 15.3 Å². The third kappa shape index (κ3) is 4.05. The molecule has 2 aromatic carbocycles. The van der Waals surface area contributed by atoms with Crippen LogP contribution < -0.4 is 5.32 Å². The van der Waals surface area contributed by atoms with E-state index in [0.29, 0.717) is 23.1 Å². The summed E-state index contributed by atoms with van der Waals surface area (Å²) in [5.74, 6) is -0.188. The quantitative estimate of drug-likeness (QED) is 0.531. The van der Waals surface area contributed by atoms with E-state index in [1.807, 2.05) is 36.4 Å². The van der Waals surface area contributed by atoms with Gasteiger partial charge in [0.05, 0.1) is 10.5 Å². The first kappa shape index (κ1) is 18.9. The van der Waals surface area contributed by atoms with E-state index in [2.05, 4.69) is 15.3 Å². The molecule has 2 N–H and O–H groups in total. The predicted molar refractivity (Wildman–Crippen MR) is 112 cm³/mol. The van der Waals surface area contributed by atoms with Gasteiger partial charge in [-0.25, -0.2) is 13.4 Å². The lowest BCUT2D eigenvalue weighted by Gasteiger charge is -2.06. The second-order valence-corrected chi connectivity index (χ2v) is 8.80. The van der Waals surface area contributed by atoms with Gasteiger partial charge in [0.1, 0.15) is 5.65 Å². The van der Waals surface area contributed by atoms with Crippen LogP contribution in [0.5, 0.6) is 0 Å². The minimum atomic E-state index is -3.25. The van der Waals surface area contributed by atoms with Crippen LogP contribution in [-0.2, 0) is 16.4 Å². The van der Waals surface area contributed by atoms with Gasteiger partial charge in [0.25, 0.3) is 5.91 Å². The highest BCUT2D eigenvalue weighted by molar-refractivity contribution is 7.90. The number of sulfone groups is 1. The molecule has 0 atom stereocenters. The fourth-order valence-electron chi connectivity index (χ4n) is 3.12. The van der Waals surface area contributed by atoms with Crippen LogP contribution >= 0.6 is 0 Å². The summed E-state index contributed by atoms with van der Waals surface area (Å²) < 4.78 is 23.3. The van der Waals surface area contributed by atoms with Gasteiger partial charge in [-0.1, -0.05) is 42.5 Å². The summed E-state index contributed by atoms with van der Waals surface area (Å²) in [6, 6.07) is 18.2. The first-order valence-corrected chi connectivity index (χ1v) is 10.9. The number of amides is 1. The highest BCUT2D eigenvalue weighted by Gasteiger charge is 2.14. The smallest absolute Gasteiger partial charge is 0.253 e. The van der Waals surface area contributed by atoms with Gasteiger partial charge in [0.15, 0.2) is 9.84 Å². The van der Waals surface area contributed by atoms with E-state index in [-0.39, 0.29) is 10.8 Å². The van der Waals surface area contributed by atoms with Crippen LogP contribution in [0.25, 0.3) is 22.2 Å². The van der Waals surface area contributed by atoms with Gasteiger partial charge in [-0.3, -0.25) is 4.79 Å². The van der Waals surface area contributed by atoms with E-state index in [1.54, 1.807) is 36.7 Å². The number of nitrogens with one attached hydrogen (secondary N) is 2. The zero-order chi connectivity index (χ0) is 20.4. The van der Waals surface area contributed by atoms with Gasteiger partial charge in [-0.15, -0.1) is 0 Å². The summed E-state index contributed by atoms with van der Waals surface area (Å²) in [7, 11) is -3.25. The van der Waals surface area contributed by atoms with E-state index < -0.39 is 9.84 Å². The number of H-pyrrole nitrogens is 1. The van der Waals surface area contributed by atoms with E-state index >= 15 is 0 Å². The van der Waals surface area contributed by atoms with Crippen LogP contribution in [0.2, 0.25) is 0 Å². The molecule has 0 saturated heterocycles. The summed E-state index contributed by atoms with van der Waals surface area (Å²) in [5.41, 5.74) is 3.77. The average Bonchev–Trinajstić information content (AvgIpc) is 3.15. The maximum absolute atomic E-state index is 12.7. The van der Waals surface area contributed by atoms with Crippen molar-refractivity contribution in [2.75, 3.05) is 6.26 Å². The molecule has 0 aliphatic carbocycles. The lowest BCUT2D eigenvalue weighted by atomic mass is 10.1. The first-order valence-electron chi connectivity index (χ1n) is 9.01. The molecular formula is C22H19N3O3S. The Morgan fingerprint density at radius 3 is 2.45 bits per heavy atom. The Morgan fingerprint density at radius 2 is 1.76 bits per heavy atom. The molecule has 4 aromatic rings. The molecule has 0 saturated carbocycles. The van der Waals surface area contributed by atoms with E-state index in [0.717, 1.165) is 16.7 Å². The van der Waals surface area contributed by atoms with Crippen LogP contribution in [0.15, 0.2) is 78.0 Å². The fraction of sp³-hybridized carbons (Fsp3) is 0.0909. The van der Waals surface area contributed by atoms with Crippen LogP contribution in [-0.4, -0.2) is 30.5 Å². The normalized spacial score (nSPS) is 11.5. The van der Waals surface area contributed by atoms with E-state index in [4.69, 9.17) is 0 Å². The van der Waals surface area contributed by atoms with Gasteiger partial charge in [-0.2, -0.15) is 0 Å². The highest BCUT2D eigenvalue weighted by atomic mass is 32.2. The zero-order valence-corrected chi connectivity index (χ0v) is 16.5. The minimum absolute atomic E-state index is 0.188. The molecule has 0 aliphatic rings. The number of carbonyl (C=O) groups is 1. The first-order chi connectivity index (χ1) is 13.9. The Hall–Kier alpha value is -3.45. The number of aromatic nitrogens is 2. The lowest BCUT2D eigenvalue weighted by Crippen LogP contribution is -2.22. The predicted octanol–water partition coefficient (Wildman–Crippen LogP) is 3.56. The van der Waals surface area contributed by atoms with Crippen LogP contribution in [0, 0.1) is 0 Å². The minimum Gasteiger partial charge on any atom is -0.348 e. The van der Waals surface area contributed by atoms with Crippen molar-refractivity contribution < 1.29 is 13.2 Å². The second kappa shape index (κ2) is 7.52. The summed E-state index contributed by atoms with van der Waals surface area (Å²) in [4.78, 5) is 20.4.